The third kappa shape index (κ3) is 4.57. The molecular formula is C17H19F3N6S. The van der Waals surface area contributed by atoms with Gasteiger partial charge >= 0.3 is 6.18 Å². The predicted molar refractivity (Wildman–Crippen MR) is 99.8 cm³/mol. The van der Waals surface area contributed by atoms with Gasteiger partial charge in [0.15, 0.2) is 11.7 Å². The second kappa shape index (κ2) is 7.95. The Morgan fingerprint density at radius 2 is 2.00 bits per heavy atom. The fraction of sp³-hybridized carbons (Fsp3) is 0.353. The Kier molecular flexibility index (Phi) is 5.64. The molecule has 0 atom stereocenters. The van der Waals surface area contributed by atoms with E-state index in [9.17, 15) is 13.2 Å². The summed E-state index contributed by atoms with van der Waals surface area (Å²) in [4.78, 5) is 12.2. The fourth-order valence-electron chi connectivity index (χ4n) is 2.67. The molecule has 144 valence electrons. The minimum Gasteiger partial charge on any atom is -0.355 e. The molecule has 0 spiro atoms. The first-order valence-corrected chi connectivity index (χ1v) is 9.14. The summed E-state index contributed by atoms with van der Waals surface area (Å²) in [5.41, 5.74) is 1.14. The van der Waals surface area contributed by atoms with Crippen molar-refractivity contribution in [2.45, 2.75) is 26.2 Å². The number of nitrogens with zero attached hydrogens (tertiary/aromatic N) is 4. The number of nitrogens with one attached hydrogen (secondary N) is 2. The van der Waals surface area contributed by atoms with Crippen molar-refractivity contribution in [2.24, 2.45) is 4.99 Å². The fourth-order valence-corrected chi connectivity index (χ4v) is 3.41. The van der Waals surface area contributed by atoms with Crippen LogP contribution >= 0.6 is 11.3 Å². The van der Waals surface area contributed by atoms with Crippen LogP contribution in [0, 0.1) is 6.92 Å². The first kappa shape index (κ1) is 19.2. The average Bonchev–Trinajstić information content (AvgIpc) is 3.22. The van der Waals surface area contributed by atoms with Crippen LogP contribution in [0.2, 0.25) is 0 Å². The number of aliphatic imine (C=N–C) groups is 1. The van der Waals surface area contributed by atoms with E-state index in [0.29, 0.717) is 24.1 Å². The van der Waals surface area contributed by atoms with Gasteiger partial charge in [-0.1, -0.05) is 12.1 Å². The number of aryl methyl sites for hydroxylation is 1. The highest BCUT2D eigenvalue weighted by Gasteiger charge is 2.33. The number of benzene rings is 1. The quantitative estimate of drug-likeness (QED) is 0.514. The number of para-hydroxylation sites is 2. The van der Waals surface area contributed by atoms with Gasteiger partial charge in [0.2, 0.25) is 0 Å². The van der Waals surface area contributed by atoms with Crippen LogP contribution in [0.5, 0.6) is 0 Å². The van der Waals surface area contributed by atoms with Crippen LogP contribution in [0.25, 0.3) is 11.0 Å². The molecule has 0 aliphatic rings. The molecule has 3 rings (SSSR count). The maximum Gasteiger partial charge on any atom is 0.434 e. The van der Waals surface area contributed by atoms with Crippen LogP contribution in [0.4, 0.5) is 13.2 Å². The summed E-state index contributed by atoms with van der Waals surface area (Å²) < 4.78 is 39.9. The van der Waals surface area contributed by atoms with E-state index in [1.54, 1.807) is 7.05 Å². The summed E-state index contributed by atoms with van der Waals surface area (Å²) in [6.07, 6.45) is -4.42. The summed E-state index contributed by atoms with van der Waals surface area (Å²) in [5, 5.41) is 7.49. The molecule has 1 aromatic carbocycles. The number of hydrogen-bond donors (Lipinski definition) is 2. The van der Waals surface area contributed by atoms with Gasteiger partial charge in [-0.15, -0.1) is 11.3 Å². The Hall–Kier alpha value is -2.62. The van der Waals surface area contributed by atoms with E-state index in [-0.39, 0.29) is 6.54 Å². The standard InChI is InChI=1S/C17H19F3N6S/c1-11-24-12-5-3-4-6-13(12)26(11)8-7-22-16(21-2)23-9-15-25-14(10-27-15)17(18,19)20/h3-6,10H,7-9H2,1-2H3,(H2,21,22,23). The van der Waals surface area contributed by atoms with Crippen LogP contribution < -0.4 is 10.6 Å². The molecule has 0 fully saturated rings. The summed E-state index contributed by atoms with van der Waals surface area (Å²) >= 11 is 0.965. The first-order valence-electron chi connectivity index (χ1n) is 8.26. The van der Waals surface area contributed by atoms with Gasteiger partial charge in [0, 0.05) is 25.5 Å². The zero-order valence-corrected chi connectivity index (χ0v) is 15.7. The summed E-state index contributed by atoms with van der Waals surface area (Å²) in [6.45, 7) is 3.40. The van der Waals surface area contributed by atoms with Gasteiger partial charge in [0.25, 0.3) is 0 Å². The average molecular weight is 396 g/mol. The summed E-state index contributed by atoms with van der Waals surface area (Å²) in [5.74, 6) is 1.42. The normalized spacial score (nSPS) is 12.6. The second-order valence-corrected chi connectivity index (χ2v) is 6.72. The van der Waals surface area contributed by atoms with Gasteiger partial charge in [-0.05, 0) is 19.1 Å². The second-order valence-electron chi connectivity index (χ2n) is 5.78. The molecule has 2 aromatic heterocycles. The van der Waals surface area contributed by atoms with E-state index in [4.69, 9.17) is 0 Å². The van der Waals surface area contributed by atoms with Crippen molar-refractivity contribution in [3.63, 3.8) is 0 Å². The van der Waals surface area contributed by atoms with Crippen molar-refractivity contribution in [3.8, 4) is 0 Å². The third-order valence-corrected chi connectivity index (χ3v) is 4.79. The lowest BCUT2D eigenvalue weighted by molar-refractivity contribution is -0.140. The lowest BCUT2D eigenvalue weighted by Gasteiger charge is -2.12. The van der Waals surface area contributed by atoms with Crippen LogP contribution in [-0.4, -0.2) is 34.1 Å². The van der Waals surface area contributed by atoms with Crippen LogP contribution in [0.3, 0.4) is 0 Å². The maximum atomic E-state index is 12.6. The number of fused-ring (bicyclic) bond motifs is 1. The Labute approximate surface area is 158 Å². The number of alkyl halides is 3. The van der Waals surface area contributed by atoms with E-state index in [1.807, 2.05) is 31.2 Å². The first-order chi connectivity index (χ1) is 12.9. The van der Waals surface area contributed by atoms with E-state index < -0.39 is 11.9 Å². The number of halogens is 3. The Balaban J connectivity index is 1.53. The number of aromatic nitrogens is 3. The van der Waals surface area contributed by atoms with Gasteiger partial charge in [0.1, 0.15) is 10.8 Å². The SMILES string of the molecule is CN=C(NCCn1c(C)nc2ccccc21)NCc1nc(C(F)(F)F)cs1. The highest BCUT2D eigenvalue weighted by Crippen LogP contribution is 2.29. The molecule has 2 N–H and O–H groups in total. The minimum atomic E-state index is -4.42. The molecule has 0 saturated carbocycles. The molecule has 6 nitrogen and oxygen atoms in total. The molecule has 10 heteroatoms. The van der Waals surface area contributed by atoms with Crippen molar-refractivity contribution in [2.75, 3.05) is 13.6 Å². The molecule has 0 bridgehead atoms. The number of guanidine groups is 1. The topological polar surface area (TPSA) is 67.1 Å². The molecule has 0 amide bonds. The number of imidazole rings is 1. The molecule has 27 heavy (non-hydrogen) atoms. The van der Waals surface area contributed by atoms with E-state index in [2.05, 4.69) is 30.2 Å². The maximum absolute atomic E-state index is 12.6. The monoisotopic (exact) mass is 396 g/mol. The van der Waals surface area contributed by atoms with Crippen molar-refractivity contribution >= 4 is 28.3 Å². The Bertz CT molecular complexity index is 944. The molecular weight excluding hydrogens is 377 g/mol. The van der Waals surface area contributed by atoms with E-state index >= 15 is 0 Å². The third-order valence-electron chi connectivity index (χ3n) is 3.95. The number of rotatable bonds is 5. The Morgan fingerprint density at radius 3 is 2.70 bits per heavy atom. The van der Waals surface area contributed by atoms with Crippen molar-refractivity contribution in [3.05, 3.63) is 46.2 Å². The van der Waals surface area contributed by atoms with Crippen molar-refractivity contribution in [1.29, 1.82) is 0 Å². The van der Waals surface area contributed by atoms with Crippen molar-refractivity contribution in [1.82, 2.24) is 25.2 Å². The largest absolute Gasteiger partial charge is 0.434 e. The molecule has 3 aromatic rings. The lowest BCUT2D eigenvalue weighted by Crippen LogP contribution is -2.38. The van der Waals surface area contributed by atoms with Crippen LogP contribution in [0.1, 0.15) is 16.5 Å². The zero-order chi connectivity index (χ0) is 19.4. The Morgan fingerprint density at radius 1 is 1.22 bits per heavy atom. The van der Waals surface area contributed by atoms with E-state index in [1.165, 1.54) is 0 Å². The summed E-state index contributed by atoms with van der Waals surface area (Å²) in [7, 11) is 1.61. The van der Waals surface area contributed by atoms with E-state index in [0.717, 1.165) is 33.6 Å². The summed E-state index contributed by atoms with van der Waals surface area (Å²) in [6, 6.07) is 7.90. The lowest BCUT2D eigenvalue weighted by atomic mass is 10.3. The highest BCUT2D eigenvalue weighted by molar-refractivity contribution is 7.09. The van der Waals surface area contributed by atoms with Crippen LogP contribution in [0.15, 0.2) is 34.6 Å². The molecule has 2 heterocycles. The smallest absolute Gasteiger partial charge is 0.355 e. The molecule has 0 aliphatic carbocycles. The molecule has 0 unspecified atom stereocenters. The van der Waals surface area contributed by atoms with Gasteiger partial charge in [-0.2, -0.15) is 13.2 Å². The zero-order valence-electron chi connectivity index (χ0n) is 14.8. The number of thiazole rings is 1. The number of hydrogen-bond acceptors (Lipinski definition) is 4. The predicted octanol–water partition coefficient (Wildman–Crippen LogP) is 3.19. The highest BCUT2D eigenvalue weighted by atomic mass is 32.1. The van der Waals surface area contributed by atoms with Gasteiger partial charge < -0.3 is 15.2 Å². The molecule has 0 radical (unpaired) electrons. The van der Waals surface area contributed by atoms with Gasteiger partial charge in [0.05, 0.1) is 17.6 Å². The van der Waals surface area contributed by atoms with Gasteiger partial charge in [-0.25, -0.2) is 9.97 Å². The van der Waals surface area contributed by atoms with Crippen molar-refractivity contribution < 1.29 is 13.2 Å². The van der Waals surface area contributed by atoms with Crippen LogP contribution in [-0.2, 0) is 19.3 Å². The van der Waals surface area contributed by atoms with Gasteiger partial charge in [-0.3, -0.25) is 4.99 Å². The molecule has 0 saturated heterocycles. The molecule has 0 aliphatic heterocycles. The minimum absolute atomic E-state index is 0.174.